The van der Waals surface area contributed by atoms with Crippen LogP contribution in [-0.2, 0) is 4.79 Å². The van der Waals surface area contributed by atoms with E-state index in [9.17, 15) is 4.79 Å². The number of amides is 1. The average molecular weight is 373 g/mol. The Morgan fingerprint density at radius 1 is 1.23 bits per heavy atom. The molecule has 1 amide bonds. The van der Waals surface area contributed by atoms with E-state index in [1.54, 1.807) is 17.7 Å². The van der Waals surface area contributed by atoms with Gasteiger partial charge in [0.05, 0.1) is 5.39 Å². The van der Waals surface area contributed by atoms with E-state index >= 15 is 0 Å². The number of anilines is 1. The summed E-state index contributed by atoms with van der Waals surface area (Å²) in [5.74, 6) is 2.53. The number of hydrogen-bond donors (Lipinski definition) is 1. The summed E-state index contributed by atoms with van der Waals surface area (Å²) >= 11 is 1.68. The molecule has 1 aliphatic heterocycles. The molecule has 3 atom stereocenters. The van der Waals surface area contributed by atoms with Crippen LogP contribution in [0.3, 0.4) is 0 Å². The minimum Gasteiger partial charge on any atom is -0.358 e. The minimum atomic E-state index is -0.271. The fourth-order valence-corrected chi connectivity index (χ4v) is 5.63. The first-order chi connectivity index (χ1) is 12.5. The molecule has 0 radical (unpaired) electrons. The Labute approximate surface area is 159 Å². The smallest absolute Gasteiger partial charge is 0.244 e. The Morgan fingerprint density at radius 2 is 2.00 bits per heavy atom. The number of aromatic nitrogens is 2. The standard InChI is InChI=1S/C20H28N4OS/c1-12-14(3)26-19-17(12)18(21-11-22-19)23-13(2)20(25)24-9-8-15-6-4-5-7-16(15)10-24/h11,13,15-16H,4-10H2,1-3H3,(H,21,22,23). The molecule has 1 aliphatic carbocycles. The fraction of sp³-hybridized carbons (Fsp3) is 0.650. The molecule has 0 aromatic carbocycles. The monoisotopic (exact) mass is 372 g/mol. The highest BCUT2D eigenvalue weighted by atomic mass is 32.1. The van der Waals surface area contributed by atoms with Crippen LogP contribution in [0, 0.1) is 25.7 Å². The number of piperidine rings is 1. The van der Waals surface area contributed by atoms with Crippen LogP contribution in [0.4, 0.5) is 5.82 Å². The van der Waals surface area contributed by atoms with Crippen LogP contribution in [-0.4, -0.2) is 39.9 Å². The third-order valence-electron chi connectivity index (χ3n) is 6.29. The Balaban J connectivity index is 1.48. The van der Waals surface area contributed by atoms with E-state index in [0.29, 0.717) is 5.92 Å². The quantitative estimate of drug-likeness (QED) is 0.879. The number of aryl methyl sites for hydroxylation is 2. The molecule has 4 rings (SSSR count). The summed E-state index contributed by atoms with van der Waals surface area (Å²) < 4.78 is 0. The maximum absolute atomic E-state index is 13.0. The molecule has 140 valence electrons. The lowest BCUT2D eigenvalue weighted by Crippen LogP contribution is -2.49. The number of thiophene rings is 1. The molecule has 1 saturated carbocycles. The van der Waals surface area contributed by atoms with Crippen LogP contribution >= 0.6 is 11.3 Å². The fourth-order valence-electron chi connectivity index (χ4n) is 4.63. The number of nitrogens with zero attached hydrogens (tertiary/aromatic N) is 3. The number of fused-ring (bicyclic) bond motifs is 2. The molecule has 2 aliphatic rings. The molecule has 1 saturated heterocycles. The van der Waals surface area contributed by atoms with E-state index in [2.05, 4.69) is 34.0 Å². The first-order valence-corrected chi connectivity index (χ1v) is 10.6. The van der Waals surface area contributed by atoms with Crippen molar-refractivity contribution in [2.24, 2.45) is 11.8 Å². The average Bonchev–Trinajstić information content (AvgIpc) is 2.95. The van der Waals surface area contributed by atoms with Gasteiger partial charge in [0.15, 0.2) is 0 Å². The Bertz CT molecular complexity index is 817. The van der Waals surface area contributed by atoms with E-state index < -0.39 is 0 Å². The van der Waals surface area contributed by atoms with Crippen LogP contribution in [0.25, 0.3) is 10.2 Å². The molecule has 0 spiro atoms. The number of carbonyl (C=O) groups excluding carboxylic acids is 1. The van der Waals surface area contributed by atoms with Gasteiger partial charge in [-0.2, -0.15) is 0 Å². The number of likely N-dealkylation sites (tertiary alicyclic amines) is 1. The van der Waals surface area contributed by atoms with Crippen LogP contribution in [0.1, 0.15) is 49.5 Å². The van der Waals surface area contributed by atoms with Gasteiger partial charge >= 0.3 is 0 Å². The van der Waals surface area contributed by atoms with Gasteiger partial charge in [-0.1, -0.05) is 19.3 Å². The Morgan fingerprint density at radius 3 is 2.81 bits per heavy atom. The second-order valence-electron chi connectivity index (χ2n) is 7.93. The highest BCUT2D eigenvalue weighted by Gasteiger charge is 2.34. The van der Waals surface area contributed by atoms with Gasteiger partial charge in [-0.15, -0.1) is 11.3 Å². The lowest BCUT2D eigenvalue weighted by molar-refractivity contribution is -0.134. The summed E-state index contributed by atoms with van der Waals surface area (Å²) in [6.45, 7) is 8.00. The van der Waals surface area contributed by atoms with Crippen molar-refractivity contribution in [3.8, 4) is 0 Å². The van der Waals surface area contributed by atoms with Gasteiger partial charge in [0, 0.05) is 18.0 Å². The number of carbonyl (C=O) groups is 1. The second-order valence-corrected chi connectivity index (χ2v) is 9.13. The van der Waals surface area contributed by atoms with E-state index in [0.717, 1.165) is 35.0 Å². The van der Waals surface area contributed by atoms with Crippen molar-refractivity contribution < 1.29 is 4.79 Å². The van der Waals surface area contributed by atoms with Crippen LogP contribution < -0.4 is 5.32 Å². The van der Waals surface area contributed by atoms with Crippen molar-refractivity contribution in [3.63, 3.8) is 0 Å². The molecular weight excluding hydrogens is 344 g/mol. The van der Waals surface area contributed by atoms with Crippen LogP contribution in [0.5, 0.6) is 0 Å². The molecule has 3 heterocycles. The first kappa shape index (κ1) is 17.7. The topological polar surface area (TPSA) is 58.1 Å². The lowest BCUT2D eigenvalue weighted by Gasteiger charge is -2.42. The lowest BCUT2D eigenvalue weighted by atomic mass is 9.75. The molecule has 5 nitrogen and oxygen atoms in total. The zero-order chi connectivity index (χ0) is 18.3. The molecule has 2 fully saturated rings. The Kier molecular flexibility index (Phi) is 4.86. The third-order valence-corrected chi connectivity index (χ3v) is 7.41. The summed E-state index contributed by atoms with van der Waals surface area (Å²) in [6, 6.07) is -0.271. The maximum atomic E-state index is 13.0. The Hall–Kier alpha value is -1.69. The number of rotatable bonds is 3. The number of hydrogen-bond acceptors (Lipinski definition) is 5. The minimum absolute atomic E-state index is 0.199. The van der Waals surface area contributed by atoms with Gasteiger partial charge in [0.25, 0.3) is 0 Å². The zero-order valence-corrected chi connectivity index (χ0v) is 16.7. The predicted octanol–water partition coefficient (Wildman–Crippen LogP) is 4.15. The van der Waals surface area contributed by atoms with Gasteiger partial charge < -0.3 is 10.2 Å². The van der Waals surface area contributed by atoms with E-state index in [1.165, 1.54) is 42.5 Å². The van der Waals surface area contributed by atoms with Crippen LogP contribution in [0.2, 0.25) is 0 Å². The van der Waals surface area contributed by atoms with E-state index in [4.69, 9.17) is 0 Å². The highest BCUT2D eigenvalue weighted by molar-refractivity contribution is 7.18. The predicted molar refractivity (Wildman–Crippen MR) is 107 cm³/mol. The summed E-state index contributed by atoms with van der Waals surface area (Å²) in [5, 5.41) is 4.43. The number of nitrogens with one attached hydrogen (secondary N) is 1. The van der Waals surface area contributed by atoms with Gasteiger partial charge in [0.2, 0.25) is 5.91 Å². The zero-order valence-electron chi connectivity index (χ0n) is 15.9. The molecule has 2 aromatic heterocycles. The van der Waals surface area contributed by atoms with Crippen molar-refractivity contribution in [2.75, 3.05) is 18.4 Å². The molecule has 26 heavy (non-hydrogen) atoms. The molecular formula is C20H28N4OS. The third kappa shape index (κ3) is 3.20. The maximum Gasteiger partial charge on any atom is 0.244 e. The molecule has 0 bridgehead atoms. The second kappa shape index (κ2) is 7.14. The van der Waals surface area contributed by atoms with Gasteiger partial charge in [-0.25, -0.2) is 9.97 Å². The van der Waals surface area contributed by atoms with Gasteiger partial charge in [-0.3, -0.25) is 4.79 Å². The van der Waals surface area contributed by atoms with E-state index in [-0.39, 0.29) is 11.9 Å². The van der Waals surface area contributed by atoms with Crippen molar-refractivity contribution in [1.82, 2.24) is 14.9 Å². The van der Waals surface area contributed by atoms with Crippen LogP contribution in [0.15, 0.2) is 6.33 Å². The van der Waals surface area contributed by atoms with Crippen molar-refractivity contribution >= 4 is 33.3 Å². The van der Waals surface area contributed by atoms with Crippen molar-refractivity contribution in [3.05, 3.63) is 16.8 Å². The highest BCUT2D eigenvalue weighted by Crippen LogP contribution is 2.36. The summed E-state index contributed by atoms with van der Waals surface area (Å²) in [6.07, 6.45) is 8.10. The van der Waals surface area contributed by atoms with Gasteiger partial charge in [0.1, 0.15) is 23.0 Å². The summed E-state index contributed by atoms with van der Waals surface area (Å²) in [4.78, 5) is 26.2. The van der Waals surface area contributed by atoms with E-state index in [1.807, 2.05) is 6.92 Å². The van der Waals surface area contributed by atoms with Crippen molar-refractivity contribution in [2.45, 2.75) is 58.9 Å². The molecule has 2 aromatic rings. The normalized spacial score (nSPS) is 24.3. The van der Waals surface area contributed by atoms with Crippen molar-refractivity contribution in [1.29, 1.82) is 0 Å². The molecule has 1 N–H and O–H groups in total. The molecule has 3 unspecified atom stereocenters. The summed E-state index contributed by atoms with van der Waals surface area (Å²) in [7, 11) is 0. The first-order valence-electron chi connectivity index (χ1n) is 9.80. The SMILES string of the molecule is Cc1sc2ncnc(NC(C)C(=O)N3CCC4CCCCC4C3)c2c1C. The summed E-state index contributed by atoms with van der Waals surface area (Å²) in [5.41, 5.74) is 1.20. The van der Waals surface area contributed by atoms with Gasteiger partial charge in [-0.05, 0) is 51.0 Å². The molecule has 6 heteroatoms. The largest absolute Gasteiger partial charge is 0.358 e.